The van der Waals surface area contributed by atoms with E-state index in [0.29, 0.717) is 11.1 Å². The van der Waals surface area contributed by atoms with E-state index in [1.165, 1.54) is 48.5 Å². The van der Waals surface area contributed by atoms with Gasteiger partial charge in [0, 0.05) is 42.9 Å². The minimum absolute atomic E-state index is 0.0359. The second kappa shape index (κ2) is 9.88. The van der Waals surface area contributed by atoms with Crippen molar-refractivity contribution in [2.45, 2.75) is 6.42 Å². The fraction of sp³-hybridized carbons (Fsp3) is 0.158. The van der Waals surface area contributed by atoms with Crippen molar-refractivity contribution < 1.29 is 24.0 Å². The molecule has 3 aromatic rings. The summed E-state index contributed by atoms with van der Waals surface area (Å²) in [4.78, 5) is 48.2. The molecule has 0 saturated carbocycles. The number of nitro groups is 2. The van der Waals surface area contributed by atoms with Crippen LogP contribution in [0.15, 0.2) is 53.1 Å². The molecular weight excluding hydrogens is 424 g/mol. The molecule has 0 aliphatic heterocycles. The van der Waals surface area contributed by atoms with Gasteiger partial charge in [-0.25, -0.2) is 0 Å². The Morgan fingerprint density at radius 3 is 2.03 bits per heavy atom. The topological polar surface area (TPSA) is 183 Å². The molecule has 3 rings (SSSR count). The quantitative estimate of drug-likeness (QED) is 0.283. The number of rotatable bonds is 9. The molecule has 32 heavy (non-hydrogen) atoms. The highest BCUT2D eigenvalue weighted by atomic mass is 16.6. The molecule has 0 saturated heterocycles. The number of hydrogen-bond acceptors (Lipinski definition) is 9. The van der Waals surface area contributed by atoms with Crippen LogP contribution in [0, 0.1) is 20.2 Å². The maximum Gasteiger partial charge on any atom is 0.316 e. The third-order valence-corrected chi connectivity index (χ3v) is 4.20. The summed E-state index contributed by atoms with van der Waals surface area (Å²) in [6.45, 7) is 0.237. The molecule has 13 nitrogen and oxygen atoms in total. The van der Waals surface area contributed by atoms with Gasteiger partial charge in [0.25, 0.3) is 11.4 Å². The first-order valence-electron chi connectivity index (χ1n) is 9.20. The van der Waals surface area contributed by atoms with Gasteiger partial charge in [0.05, 0.1) is 16.3 Å². The van der Waals surface area contributed by atoms with E-state index < -0.39 is 15.8 Å². The Bertz CT molecular complexity index is 1140. The number of aromatic nitrogens is 2. The average molecular weight is 440 g/mol. The highest BCUT2D eigenvalue weighted by molar-refractivity contribution is 5.90. The van der Waals surface area contributed by atoms with E-state index in [1.807, 2.05) is 0 Å². The van der Waals surface area contributed by atoms with Crippen LogP contribution in [-0.4, -0.2) is 44.9 Å². The fourth-order valence-electron chi connectivity index (χ4n) is 2.60. The van der Waals surface area contributed by atoms with Crippen LogP contribution in [0.1, 0.15) is 16.2 Å². The summed E-state index contributed by atoms with van der Waals surface area (Å²) in [5, 5.41) is 30.1. The molecule has 0 radical (unpaired) electrons. The zero-order valence-electron chi connectivity index (χ0n) is 16.4. The first-order chi connectivity index (χ1) is 15.3. The molecule has 164 valence electrons. The lowest BCUT2D eigenvalue weighted by molar-refractivity contribution is -0.385. The largest absolute Gasteiger partial charge is 0.354 e. The van der Waals surface area contributed by atoms with Gasteiger partial charge in [-0.1, -0.05) is 17.3 Å². The predicted octanol–water partition coefficient (Wildman–Crippen LogP) is 1.64. The molecular formula is C19H16N6O7. The van der Waals surface area contributed by atoms with E-state index >= 15 is 0 Å². The van der Waals surface area contributed by atoms with Gasteiger partial charge in [-0.2, -0.15) is 4.98 Å². The van der Waals surface area contributed by atoms with Crippen molar-refractivity contribution in [3.05, 3.63) is 80.2 Å². The van der Waals surface area contributed by atoms with Crippen molar-refractivity contribution in [1.82, 2.24) is 20.8 Å². The Labute approximate surface area is 179 Å². The normalized spacial score (nSPS) is 10.4. The van der Waals surface area contributed by atoms with E-state index in [0.717, 1.165) is 0 Å². The summed E-state index contributed by atoms with van der Waals surface area (Å²) in [7, 11) is 0. The molecule has 0 bridgehead atoms. The van der Waals surface area contributed by atoms with Crippen LogP contribution < -0.4 is 10.6 Å². The average Bonchev–Trinajstić information content (AvgIpc) is 3.27. The van der Waals surface area contributed by atoms with Gasteiger partial charge in [0.15, 0.2) is 0 Å². The Morgan fingerprint density at radius 1 is 0.875 bits per heavy atom. The van der Waals surface area contributed by atoms with Crippen LogP contribution in [0.2, 0.25) is 0 Å². The van der Waals surface area contributed by atoms with Gasteiger partial charge in [-0.05, 0) is 17.7 Å². The second-order valence-electron chi connectivity index (χ2n) is 6.43. The number of carbonyl (C=O) groups is 2. The number of nitro benzene ring substituents is 2. The Kier molecular flexibility index (Phi) is 6.80. The lowest BCUT2D eigenvalue weighted by Gasteiger charge is -2.06. The second-order valence-corrected chi connectivity index (χ2v) is 6.43. The van der Waals surface area contributed by atoms with Crippen LogP contribution in [0.5, 0.6) is 0 Å². The fourth-order valence-corrected chi connectivity index (χ4v) is 2.60. The van der Waals surface area contributed by atoms with Gasteiger partial charge in [0.1, 0.15) is 0 Å². The summed E-state index contributed by atoms with van der Waals surface area (Å²) >= 11 is 0. The SMILES string of the molecule is O=C(Cc1ccc([N+](=O)[O-])cc1)NCCNC(=O)c1nc(-c2ccc([N+](=O)[O-])cc2)no1. The van der Waals surface area contributed by atoms with Gasteiger partial charge >= 0.3 is 11.8 Å². The van der Waals surface area contributed by atoms with Crippen LogP contribution >= 0.6 is 0 Å². The minimum atomic E-state index is -0.643. The van der Waals surface area contributed by atoms with Crippen LogP contribution in [0.3, 0.4) is 0 Å². The number of amides is 2. The van der Waals surface area contributed by atoms with Crippen LogP contribution in [-0.2, 0) is 11.2 Å². The van der Waals surface area contributed by atoms with Crippen LogP contribution in [0.25, 0.3) is 11.4 Å². The molecule has 0 spiro atoms. The first-order valence-corrected chi connectivity index (χ1v) is 9.20. The summed E-state index contributed by atoms with van der Waals surface area (Å²) in [6, 6.07) is 11.1. The van der Waals surface area contributed by atoms with Crippen LogP contribution in [0.4, 0.5) is 11.4 Å². The van der Waals surface area contributed by atoms with Gasteiger partial charge in [-0.3, -0.25) is 29.8 Å². The van der Waals surface area contributed by atoms with Crippen molar-refractivity contribution in [1.29, 1.82) is 0 Å². The molecule has 2 aromatic carbocycles. The molecule has 0 aliphatic carbocycles. The number of nitrogens with one attached hydrogen (secondary N) is 2. The number of hydrogen-bond donors (Lipinski definition) is 2. The number of nitrogens with zero attached hydrogens (tertiary/aromatic N) is 4. The molecule has 0 unspecified atom stereocenters. The number of non-ortho nitro benzene ring substituents is 2. The maximum atomic E-state index is 12.1. The molecule has 13 heteroatoms. The molecule has 0 atom stereocenters. The molecule has 1 heterocycles. The Morgan fingerprint density at radius 2 is 1.44 bits per heavy atom. The van der Waals surface area contributed by atoms with Crippen molar-refractivity contribution in [3.63, 3.8) is 0 Å². The molecule has 2 N–H and O–H groups in total. The van der Waals surface area contributed by atoms with Crippen molar-refractivity contribution >= 4 is 23.2 Å². The first kappa shape index (κ1) is 22.0. The highest BCUT2D eigenvalue weighted by Crippen LogP contribution is 2.19. The summed E-state index contributed by atoms with van der Waals surface area (Å²) in [5.74, 6) is -1.15. The molecule has 2 amide bonds. The van der Waals surface area contributed by atoms with E-state index in [1.54, 1.807) is 0 Å². The number of carbonyl (C=O) groups excluding carboxylic acids is 2. The van der Waals surface area contributed by atoms with E-state index in [4.69, 9.17) is 4.52 Å². The zero-order valence-corrected chi connectivity index (χ0v) is 16.4. The molecule has 0 fully saturated rings. The highest BCUT2D eigenvalue weighted by Gasteiger charge is 2.16. The third-order valence-electron chi connectivity index (χ3n) is 4.20. The monoisotopic (exact) mass is 440 g/mol. The maximum absolute atomic E-state index is 12.1. The summed E-state index contributed by atoms with van der Waals surface area (Å²) in [5.41, 5.74) is 0.902. The Balaban J connectivity index is 1.43. The van der Waals surface area contributed by atoms with Crippen molar-refractivity contribution in [3.8, 4) is 11.4 Å². The standard InChI is InChI=1S/C19H16N6O7/c26-16(11-12-1-5-14(6-2-12)24(28)29)20-9-10-21-18(27)19-22-17(23-32-19)13-3-7-15(8-4-13)25(30)31/h1-8H,9-11H2,(H,20,26)(H,21,27). The summed E-state index contributed by atoms with van der Waals surface area (Å²) in [6.07, 6.45) is 0.0359. The molecule has 0 aliphatic rings. The van der Waals surface area contributed by atoms with Crippen molar-refractivity contribution in [2.75, 3.05) is 13.1 Å². The lowest BCUT2D eigenvalue weighted by Crippen LogP contribution is -2.35. The van der Waals surface area contributed by atoms with Gasteiger partial charge in [0.2, 0.25) is 11.7 Å². The van der Waals surface area contributed by atoms with Crippen molar-refractivity contribution in [2.24, 2.45) is 0 Å². The zero-order chi connectivity index (χ0) is 23.1. The number of benzene rings is 2. The molecule has 1 aromatic heterocycles. The predicted molar refractivity (Wildman–Crippen MR) is 109 cm³/mol. The summed E-state index contributed by atoms with van der Waals surface area (Å²) < 4.78 is 4.90. The minimum Gasteiger partial charge on any atom is -0.354 e. The van der Waals surface area contributed by atoms with E-state index in [9.17, 15) is 29.8 Å². The lowest BCUT2D eigenvalue weighted by atomic mass is 10.1. The third kappa shape index (κ3) is 5.69. The Hall–Kier alpha value is -4.68. The smallest absolute Gasteiger partial charge is 0.316 e. The van der Waals surface area contributed by atoms with Gasteiger partial charge < -0.3 is 15.2 Å². The van der Waals surface area contributed by atoms with Gasteiger partial charge in [-0.15, -0.1) is 0 Å². The van der Waals surface area contributed by atoms with E-state index in [2.05, 4.69) is 20.8 Å². The van der Waals surface area contributed by atoms with E-state index in [-0.39, 0.29) is 48.5 Å².